The molecule has 0 bridgehead atoms. The number of thiophene rings is 1. The second-order valence-corrected chi connectivity index (χ2v) is 6.63. The maximum atomic E-state index is 12.1. The number of primary amides is 1. The molecule has 0 aliphatic heterocycles. The Morgan fingerprint density at radius 1 is 1.25 bits per heavy atom. The number of carbonyl (C=O) groups is 3. The fourth-order valence-corrected chi connectivity index (χ4v) is 2.95. The number of nitrogens with two attached hydrogens (primary N) is 2. The van der Waals surface area contributed by atoms with Crippen molar-refractivity contribution < 1.29 is 19.1 Å². The normalized spacial score (nSPS) is 11.6. The molecule has 0 radical (unpaired) electrons. The molecule has 1 aromatic carbocycles. The van der Waals surface area contributed by atoms with Crippen molar-refractivity contribution in [3.8, 4) is 0 Å². The van der Waals surface area contributed by atoms with E-state index in [2.05, 4.69) is 21.2 Å². The average Bonchev–Trinajstić information content (AvgIpc) is 2.97. The minimum Gasteiger partial charge on any atom is -0.449 e. The van der Waals surface area contributed by atoms with E-state index in [1.807, 2.05) is 0 Å². The van der Waals surface area contributed by atoms with Gasteiger partial charge in [0.2, 0.25) is 0 Å². The second kappa shape index (κ2) is 7.45. The van der Waals surface area contributed by atoms with E-state index in [-0.39, 0.29) is 16.8 Å². The molecule has 2 rings (SSSR count). The third-order valence-electron chi connectivity index (χ3n) is 3.06. The number of amides is 2. The summed E-state index contributed by atoms with van der Waals surface area (Å²) in [7, 11) is 0. The zero-order valence-corrected chi connectivity index (χ0v) is 14.9. The van der Waals surface area contributed by atoms with Crippen LogP contribution < -0.4 is 16.8 Å². The SMILES string of the molecule is C[C@H](OC(=O)c1cc(Br)ccc1N)C(=O)Nc1sccc1C(N)=O. The number of anilines is 2. The molecular formula is C15H14BrN3O4S. The Kier molecular flexibility index (Phi) is 5.58. The van der Waals surface area contributed by atoms with Crippen LogP contribution in [0.3, 0.4) is 0 Å². The van der Waals surface area contributed by atoms with E-state index in [4.69, 9.17) is 16.2 Å². The molecule has 2 aromatic rings. The highest BCUT2D eigenvalue weighted by Gasteiger charge is 2.22. The lowest BCUT2D eigenvalue weighted by molar-refractivity contribution is -0.123. The number of ether oxygens (including phenoxy) is 1. The number of esters is 1. The second-order valence-electron chi connectivity index (χ2n) is 4.80. The first-order valence-electron chi connectivity index (χ1n) is 6.73. The zero-order chi connectivity index (χ0) is 17.9. The Morgan fingerprint density at radius 2 is 1.96 bits per heavy atom. The van der Waals surface area contributed by atoms with Crippen molar-refractivity contribution in [2.24, 2.45) is 5.73 Å². The summed E-state index contributed by atoms with van der Waals surface area (Å²) in [5, 5.41) is 4.44. The summed E-state index contributed by atoms with van der Waals surface area (Å²) in [6, 6.07) is 6.24. The van der Waals surface area contributed by atoms with Crippen LogP contribution in [0.5, 0.6) is 0 Å². The highest BCUT2D eigenvalue weighted by atomic mass is 79.9. The van der Waals surface area contributed by atoms with Crippen LogP contribution in [-0.2, 0) is 9.53 Å². The number of carbonyl (C=O) groups excluding carboxylic acids is 3. The fraction of sp³-hybridized carbons (Fsp3) is 0.133. The molecule has 0 unspecified atom stereocenters. The van der Waals surface area contributed by atoms with E-state index in [0.29, 0.717) is 9.47 Å². The number of halogens is 1. The summed E-state index contributed by atoms with van der Waals surface area (Å²) in [5.74, 6) is -1.96. The van der Waals surface area contributed by atoms with Gasteiger partial charge >= 0.3 is 5.97 Å². The first kappa shape index (κ1) is 18.0. The fourth-order valence-electron chi connectivity index (χ4n) is 1.80. The van der Waals surface area contributed by atoms with Gasteiger partial charge in [-0.05, 0) is 36.6 Å². The molecule has 0 saturated carbocycles. The van der Waals surface area contributed by atoms with Gasteiger partial charge in [0, 0.05) is 10.2 Å². The van der Waals surface area contributed by atoms with Crippen molar-refractivity contribution in [1.29, 1.82) is 0 Å². The molecule has 2 amide bonds. The quantitative estimate of drug-likeness (QED) is 0.514. The molecule has 126 valence electrons. The maximum Gasteiger partial charge on any atom is 0.341 e. The molecule has 7 nitrogen and oxygen atoms in total. The van der Waals surface area contributed by atoms with Gasteiger partial charge < -0.3 is 21.5 Å². The van der Waals surface area contributed by atoms with Crippen LogP contribution in [0.25, 0.3) is 0 Å². The number of hydrogen-bond acceptors (Lipinski definition) is 6. The number of rotatable bonds is 5. The van der Waals surface area contributed by atoms with Gasteiger partial charge in [0.1, 0.15) is 5.00 Å². The van der Waals surface area contributed by atoms with Gasteiger partial charge in [-0.1, -0.05) is 15.9 Å². The first-order chi connectivity index (χ1) is 11.3. The number of nitrogens with one attached hydrogen (secondary N) is 1. The Bertz CT molecular complexity index is 806. The molecule has 1 atom stereocenters. The monoisotopic (exact) mass is 411 g/mol. The smallest absolute Gasteiger partial charge is 0.341 e. The Hall–Kier alpha value is -2.39. The van der Waals surface area contributed by atoms with E-state index >= 15 is 0 Å². The van der Waals surface area contributed by atoms with E-state index in [1.54, 1.807) is 17.5 Å². The third kappa shape index (κ3) is 4.12. The van der Waals surface area contributed by atoms with Gasteiger partial charge in [0.15, 0.2) is 6.10 Å². The van der Waals surface area contributed by atoms with Crippen LogP contribution in [-0.4, -0.2) is 23.9 Å². The maximum absolute atomic E-state index is 12.1. The lowest BCUT2D eigenvalue weighted by atomic mass is 10.2. The van der Waals surface area contributed by atoms with Crippen LogP contribution in [0.1, 0.15) is 27.6 Å². The molecule has 0 aliphatic carbocycles. The van der Waals surface area contributed by atoms with Crippen LogP contribution >= 0.6 is 27.3 Å². The molecule has 0 fully saturated rings. The molecule has 24 heavy (non-hydrogen) atoms. The number of nitrogen functional groups attached to an aromatic ring is 1. The minimum absolute atomic E-state index is 0.151. The van der Waals surface area contributed by atoms with Crippen molar-refractivity contribution >= 4 is 55.7 Å². The summed E-state index contributed by atoms with van der Waals surface area (Å²) in [4.78, 5) is 35.5. The molecule has 1 aromatic heterocycles. The van der Waals surface area contributed by atoms with Crippen LogP contribution in [0, 0.1) is 0 Å². The molecule has 1 heterocycles. The largest absolute Gasteiger partial charge is 0.449 e. The summed E-state index contributed by atoms with van der Waals surface area (Å²) >= 11 is 4.38. The summed E-state index contributed by atoms with van der Waals surface area (Å²) in [6.07, 6.45) is -1.08. The van der Waals surface area contributed by atoms with Crippen LogP contribution in [0.15, 0.2) is 34.1 Å². The lowest BCUT2D eigenvalue weighted by Crippen LogP contribution is -2.30. The minimum atomic E-state index is -1.08. The van der Waals surface area contributed by atoms with Gasteiger partial charge in [-0.2, -0.15) is 0 Å². The Balaban J connectivity index is 2.06. The molecule has 0 aliphatic rings. The van der Waals surface area contributed by atoms with Gasteiger partial charge in [-0.15, -0.1) is 11.3 Å². The predicted molar refractivity (Wildman–Crippen MR) is 94.9 cm³/mol. The Labute approximate surface area is 150 Å². The molecular weight excluding hydrogens is 398 g/mol. The summed E-state index contributed by atoms with van der Waals surface area (Å²) in [5.41, 5.74) is 11.5. The first-order valence-corrected chi connectivity index (χ1v) is 8.41. The van der Waals surface area contributed by atoms with Gasteiger partial charge in [0.25, 0.3) is 11.8 Å². The van der Waals surface area contributed by atoms with Crippen LogP contribution in [0.2, 0.25) is 0 Å². The van der Waals surface area contributed by atoms with Gasteiger partial charge in [-0.3, -0.25) is 9.59 Å². The predicted octanol–water partition coefficient (Wildman–Crippen LogP) is 2.38. The number of hydrogen-bond donors (Lipinski definition) is 3. The van der Waals surface area contributed by atoms with E-state index in [9.17, 15) is 14.4 Å². The van der Waals surface area contributed by atoms with Crippen molar-refractivity contribution in [2.75, 3.05) is 11.1 Å². The van der Waals surface area contributed by atoms with E-state index < -0.39 is 23.9 Å². The highest BCUT2D eigenvalue weighted by Crippen LogP contribution is 2.23. The highest BCUT2D eigenvalue weighted by molar-refractivity contribution is 9.10. The van der Waals surface area contributed by atoms with Crippen molar-refractivity contribution in [3.63, 3.8) is 0 Å². The van der Waals surface area contributed by atoms with Gasteiger partial charge in [-0.25, -0.2) is 4.79 Å². The Morgan fingerprint density at radius 3 is 2.62 bits per heavy atom. The molecule has 0 saturated heterocycles. The lowest BCUT2D eigenvalue weighted by Gasteiger charge is -2.14. The standard InChI is InChI=1S/C15H14BrN3O4S/c1-7(13(21)19-14-9(12(18)20)4-5-24-14)23-15(22)10-6-8(16)2-3-11(10)17/h2-7H,17H2,1H3,(H2,18,20)(H,19,21)/t7-/m0/s1. The van der Waals surface area contributed by atoms with Crippen molar-refractivity contribution in [2.45, 2.75) is 13.0 Å². The average molecular weight is 412 g/mol. The molecule has 9 heteroatoms. The van der Waals surface area contributed by atoms with Crippen LogP contribution in [0.4, 0.5) is 10.7 Å². The van der Waals surface area contributed by atoms with Gasteiger partial charge in [0.05, 0.1) is 11.1 Å². The van der Waals surface area contributed by atoms with E-state index in [1.165, 1.54) is 19.1 Å². The summed E-state index contributed by atoms with van der Waals surface area (Å²) in [6.45, 7) is 1.42. The van der Waals surface area contributed by atoms with E-state index in [0.717, 1.165) is 11.3 Å². The molecule has 5 N–H and O–H groups in total. The number of benzene rings is 1. The summed E-state index contributed by atoms with van der Waals surface area (Å²) < 4.78 is 5.78. The topological polar surface area (TPSA) is 125 Å². The third-order valence-corrected chi connectivity index (χ3v) is 4.38. The zero-order valence-electron chi connectivity index (χ0n) is 12.5. The van der Waals surface area contributed by atoms with Crippen molar-refractivity contribution in [3.05, 3.63) is 45.2 Å². The molecule has 0 spiro atoms. The van der Waals surface area contributed by atoms with Crippen molar-refractivity contribution in [1.82, 2.24) is 0 Å².